The normalized spacial score (nSPS) is 12.2. The lowest BCUT2D eigenvalue weighted by Crippen LogP contribution is -2.20. The van der Waals surface area contributed by atoms with Crippen LogP contribution in [0.3, 0.4) is 0 Å². The van der Waals surface area contributed by atoms with Crippen LogP contribution in [0.5, 0.6) is 0 Å². The maximum Gasteiger partial charge on any atom is 0.250 e. The Bertz CT molecular complexity index is 297. The number of benzene rings is 1. The number of carbonyl (C=O) groups is 1. The van der Waals surface area contributed by atoms with Crippen LogP contribution in [0.15, 0.2) is 24.3 Å². The average Bonchev–Trinajstić information content (AvgIpc) is 2.17. The molecule has 5 heteroatoms. The standard InChI is InChI=1S/C8H11N3O2/c9-8(13)7(12)5-1-3-6(11-10)4-2-5/h1-4,7,11-12H,10H2,(H2,9,13). The van der Waals surface area contributed by atoms with Gasteiger partial charge in [0.25, 0.3) is 5.91 Å². The number of hydrazine groups is 1. The molecule has 1 amide bonds. The fourth-order valence-corrected chi connectivity index (χ4v) is 0.926. The zero-order valence-electron chi connectivity index (χ0n) is 6.90. The van der Waals surface area contributed by atoms with Crippen LogP contribution in [0, 0.1) is 0 Å². The predicted octanol–water partition coefficient (Wildman–Crippen LogP) is -0.509. The van der Waals surface area contributed by atoms with Gasteiger partial charge < -0.3 is 16.3 Å². The van der Waals surface area contributed by atoms with Crippen LogP contribution < -0.4 is 17.0 Å². The number of rotatable bonds is 3. The number of nitrogen functional groups attached to an aromatic ring is 1. The molecule has 0 aromatic heterocycles. The molecule has 0 aliphatic heterocycles. The third-order valence-corrected chi connectivity index (χ3v) is 1.66. The van der Waals surface area contributed by atoms with Gasteiger partial charge in [-0.05, 0) is 17.7 Å². The Morgan fingerprint density at radius 2 is 1.92 bits per heavy atom. The van der Waals surface area contributed by atoms with E-state index in [4.69, 9.17) is 11.6 Å². The number of amides is 1. The summed E-state index contributed by atoms with van der Waals surface area (Å²) in [5.41, 5.74) is 8.48. The Balaban J connectivity index is 2.85. The highest BCUT2D eigenvalue weighted by Gasteiger charge is 2.12. The van der Waals surface area contributed by atoms with Crippen LogP contribution in [0.25, 0.3) is 0 Å². The van der Waals surface area contributed by atoms with Crippen molar-refractivity contribution in [2.75, 3.05) is 5.43 Å². The van der Waals surface area contributed by atoms with E-state index in [1.165, 1.54) is 0 Å². The lowest BCUT2D eigenvalue weighted by Gasteiger charge is -2.07. The van der Waals surface area contributed by atoms with Crippen LogP contribution >= 0.6 is 0 Å². The van der Waals surface area contributed by atoms with E-state index in [2.05, 4.69) is 5.43 Å². The molecule has 1 aromatic carbocycles. The Kier molecular flexibility index (Phi) is 2.84. The first-order chi connectivity index (χ1) is 6.15. The van der Waals surface area contributed by atoms with Crippen LogP contribution in [-0.4, -0.2) is 11.0 Å². The van der Waals surface area contributed by atoms with E-state index in [0.717, 1.165) is 0 Å². The van der Waals surface area contributed by atoms with Gasteiger partial charge >= 0.3 is 0 Å². The van der Waals surface area contributed by atoms with Crippen molar-refractivity contribution >= 4 is 11.6 Å². The lowest BCUT2D eigenvalue weighted by atomic mass is 10.1. The minimum absolute atomic E-state index is 0.450. The highest BCUT2D eigenvalue weighted by atomic mass is 16.3. The highest BCUT2D eigenvalue weighted by molar-refractivity contribution is 5.80. The van der Waals surface area contributed by atoms with Crippen molar-refractivity contribution in [1.29, 1.82) is 0 Å². The largest absolute Gasteiger partial charge is 0.378 e. The zero-order valence-corrected chi connectivity index (χ0v) is 6.90. The summed E-state index contributed by atoms with van der Waals surface area (Å²) in [5.74, 6) is 4.36. The fourth-order valence-electron chi connectivity index (χ4n) is 0.926. The molecule has 1 atom stereocenters. The molecule has 0 spiro atoms. The SMILES string of the molecule is NNc1ccc(C(O)C(N)=O)cc1. The van der Waals surface area contributed by atoms with Crippen LogP contribution in [0.1, 0.15) is 11.7 Å². The second kappa shape index (κ2) is 3.88. The molecule has 70 valence electrons. The summed E-state index contributed by atoms with van der Waals surface area (Å²) >= 11 is 0. The van der Waals surface area contributed by atoms with Crippen LogP contribution in [-0.2, 0) is 4.79 Å². The lowest BCUT2D eigenvalue weighted by molar-refractivity contribution is -0.126. The Hall–Kier alpha value is -1.59. The number of hydrogen-bond acceptors (Lipinski definition) is 4. The number of anilines is 1. The van der Waals surface area contributed by atoms with Gasteiger partial charge in [-0.3, -0.25) is 10.6 Å². The molecular weight excluding hydrogens is 170 g/mol. The molecule has 0 aliphatic rings. The Labute approximate surface area is 75.3 Å². The van der Waals surface area contributed by atoms with E-state index in [9.17, 15) is 9.90 Å². The molecule has 0 heterocycles. The number of aliphatic hydroxyl groups excluding tert-OH is 1. The topological polar surface area (TPSA) is 101 Å². The van der Waals surface area contributed by atoms with Crippen molar-refractivity contribution in [3.63, 3.8) is 0 Å². The quantitative estimate of drug-likeness (QED) is 0.372. The van der Waals surface area contributed by atoms with Gasteiger partial charge in [0.1, 0.15) is 0 Å². The first-order valence-electron chi connectivity index (χ1n) is 3.69. The zero-order chi connectivity index (χ0) is 9.84. The average molecular weight is 181 g/mol. The minimum atomic E-state index is -1.26. The third kappa shape index (κ3) is 2.17. The van der Waals surface area contributed by atoms with E-state index in [0.29, 0.717) is 11.3 Å². The van der Waals surface area contributed by atoms with Gasteiger partial charge in [0, 0.05) is 5.69 Å². The summed E-state index contributed by atoms with van der Waals surface area (Å²) in [7, 11) is 0. The molecule has 0 fully saturated rings. The van der Waals surface area contributed by atoms with Crippen LogP contribution in [0.4, 0.5) is 5.69 Å². The van der Waals surface area contributed by atoms with Gasteiger partial charge in [-0.2, -0.15) is 0 Å². The number of primary amides is 1. The van der Waals surface area contributed by atoms with Gasteiger partial charge in [-0.25, -0.2) is 0 Å². The van der Waals surface area contributed by atoms with Crippen LogP contribution in [0.2, 0.25) is 0 Å². The maximum absolute atomic E-state index is 10.6. The first kappa shape index (κ1) is 9.50. The van der Waals surface area contributed by atoms with Crippen molar-refractivity contribution in [3.05, 3.63) is 29.8 Å². The summed E-state index contributed by atoms with van der Waals surface area (Å²) in [5, 5.41) is 9.24. The highest BCUT2D eigenvalue weighted by Crippen LogP contribution is 2.14. The molecular formula is C8H11N3O2. The second-order valence-electron chi connectivity index (χ2n) is 2.57. The molecule has 0 radical (unpaired) electrons. The summed E-state index contributed by atoms with van der Waals surface area (Å²) in [6.45, 7) is 0. The molecule has 1 unspecified atom stereocenters. The summed E-state index contributed by atoms with van der Waals surface area (Å²) in [6.07, 6.45) is -1.26. The number of nitrogens with two attached hydrogens (primary N) is 2. The number of aliphatic hydroxyl groups is 1. The molecule has 0 bridgehead atoms. The van der Waals surface area contributed by atoms with Crippen molar-refractivity contribution in [1.82, 2.24) is 0 Å². The van der Waals surface area contributed by atoms with E-state index < -0.39 is 12.0 Å². The van der Waals surface area contributed by atoms with Gasteiger partial charge in [0.15, 0.2) is 6.10 Å². The molecule has 0 saturated carbocycles. The predicted molar refractivity (Wildman–Crippen MR) is 48.4 cm³/mol. The molecule has 6 N–H and O–H groups in total. The number of hydrogen-bond donors (Lipinski definition) is 4. The minimum Gasteiger partial charge on any atom is -0.378 e. The van der Waals surface area contributed by atoms with Gasteiger partial charge in [-0.1, -0.05) is 12.1 Å². The first-order valence-corrected chi connectivity index (χ1v) is 3.69. The van der Waals surface area contributed by atoms with Gasteiger partial charge in [0.05, 0.1) is 0 Å². The number of carbonyl (C=O) groups excluding carboxylic acids is 1. The van der Waals surface area contributed by atoms with Crippen molar-refractivity contribution < 1.29 is 9.90 Å². The molecule has 0 saturated heterocycles. The molecule has 5 nitrogen and oxygen atoms in total. The monoisotopic (exact) mass is 181 g/mol. The molecule has 1 aromatic rings. The molecule has 1 rings (SSSR count). The molecule has 0 aliphatic carbocycles. The van der Waals surface area contributed by atoms with Crippen molar-refractivity contribution in [2.45, 2.75) is 6.10 Å². The molecule has 13 heavy (non-hydrogen) atoms. The van der Waals surface area contributed by atoms with Gasteiger partial charge in [-0.15, -0.1) is 0 Å². The summed E-state index contributed by atoms with van der Waals surface area (Å²) in [4.78, 5) is 10.6. The second-order valence-corrected chi connectivity index (χ2v) is 2.57. The van der Waals surface area contributed by atoms with E-state index in [-0.39, 0.29) is 0 Å². The summed E-state index contributed by atoms with van der Waals surface area (Å²) < 4.78 is 0. The third-order valence-electron chi connectivity index (χ3n) is 1.66. The van der Waals surface area contributed by atoms with Crippen molar-refractivity contribution in [3.8, 4) is 0 Å². The fraction of sp³-hybridized carbons (Fsp3) is 0.125. The smallest absolute Gasteiger partial charge is 0.250 e. The van der Waals surface area contributed by atoms with Gasteiger partial charge in [0.2, 0.25) is 0 Å². The van der Waals surface area contributed by atoms with Crippen molar-refractivity contribution in [2.24, 2.45) is 11.6 Å². The maximum atomic E-state index is 10.6. The van der Waals surface area contributed by atoms with E-state index >= 15 is 0 Å². The van der Waals surface area contributed by atoms with E-state index in [1.54, 1.807) is 24.3 Å². The Morgan fingerprint density at radius 1 is 1.38 bits per heavy atom. The summed E-state index contributed by atoms with van der Waals surface area (Å²) in [6, 6.07) is 6.43. The Morgan fingerprint density at radius 3 is 2.31 bits per heavy atom. The van der Waals surface area contributed by atoms with E-state index in [1.807, 2.05) is 0 Å². The number of nitrogens with one attached hydrogen (secondary N) is 1.